The minimum atomic E-state index is -4.50. The molecule has 2 aromatic carbocycles. The number of urea groups is 1. The van der Waals surface area contributed by atoms with Gasteiger partial charge in [0.15, 0.2) is 0 Å². The molecule has 11 heteroatoms. The molecule has 0 heterocycles. The van der Waals surface area contributed by atoms with Crippen molar-refractivity contribution in [3.8, 4) is 0 Å². The van der Waals surface area contributed by atoms with Crippen molar-refractivity contribution in [3.63, 3.8) is 0 Å². The smallest absolute Gasteiger partial charge is 0.389 e. The monoisotopic (exact) mass is 514 g/mol. The van der Waals surface area contributed by atoms with Crippen LogP contribution in [0.15, 0.2) is 71.5 Å². The van der Waals surface area contributed by atoms with E-state index in [0.717, 1.165) is 40.4 Å². The topological polar surface area (TPSA) is 78.7 Å². The van der Waals surface area contributed by atoms with Gasteiger partial charge >= 0.3 is 12.2 Å². The highest BCUT2D eigenvalue weighted by atomic mass is 35.5. The van der Waals surface area contributed by atoms with Gasteiger partial charge in [0, 0.05) is 23.5 Å². The lowest BCUT2D eigenvalue weighted by Gasteiger charge is -2.33. The maximum Gasteiger partial charge on any atom is 0.416 e. The molecule has 0 spiro atoms. The maximum atomic E-state index is 12.8. The van der Waals surface area contributed by atoms with Gasteiger partial charge < -0.3 is 16.0 Å². The number of anilines is 1. The van der Waals surface area contributed by atoms with E-state index in [1.807, 2.05) is 4.90 Å². The number of hydrogen-bond acceptors (Lipinski definition) is 4. The van der Waals surface area contributed by atoms with Crippen LogP contribution < -0.4 is 11.1 Å². The van der Waals surface area contributed by atoms with Crippen LogP contribution in [0.2, 0.25) is 5.02 Å². The Morgan fingerprint density at radius 2 is 1.71 bits per heavy atom. The number of amides is 3. The van der Waals surface area contributed by atoms with Crippen LogP contribution in [0.3, 0.4) is 0 Å². The molecule has 182 valence electrons. The van der Waals surface area contributed by atoms with Crippen LogP contribution in [-0.2, 0) is 11.0 Å². The van der Waals surface area contributed by atoms with Gasteiger partial charge in [-0.15, -0.1) is 0 Å². The number of carbonyl (C=O) groups excluding carboxylic acids is 2. The number of carbonyl (C=O) groups is 2. The Labute approximate surface area is 205 Å². The number of alkyl halides is 3. The van der Waals surface area contributed by atoms with E-state index in [1.165, 1.54) is 6.08 Å². The normalized spacial score (nSPS) is 13.3. The van der Waals surface area contributed by atoms with Gasteiger partial charge in [-0.3, -0.25) is 9.69 Å². The summed E-state index contributed by atoms with van der Waals surface area (Å²) in [7, 11) is 1.76. The standard InChI is InChI=1S/C23H23Cl2F3N4O2/c1-15(3-12-21(25)29)31(2)20(16-4-8-18(24)9-5-16)13-32(14-33)22(34)30-19-10-6-17(7-11-19)23(26,27)28/h3-12,14,20H,13,29H2,1-2H3,(H,30,34)/b15-3+,21-12-. The van der Waals surface area contributed by atoms with Crippen molar-refractivity contribution in [2.45, 2.75) is 19.1 Å². The highest BCUT2D eigenvalue weighted by molar-refractivity contribution is 6.30. The molecule has 0 radical (unpaired) electrons. The zero-order chi connectivity index (χ0) is 25.5. The number of likely N-dealkylation sites (N-methyl/N-ethyl adjacent to an activating group) is 1. The largest absolute Gasteiger partial charge is 0.416 e. The van der Waals surface area contributed by atoms with E-state index in [4.69, 9.17) is 28.9 Å². The number of hydrogen-bond donors (Lipinski definition) is 2. The van der Waals surface area contributed by atoms with Gasteiger partial charge in [-0.2, -0.15) is 13.2 Å². The number of rotatable bonds is 8. The summed E-state index contributed by atoms with van der Waals surface area (Å²) in [5.41, 5.74) is 6.23. The predicted molar refractivity (Wildman–Crippen MR) is 127 cm³/mol. The third kappa shape index (κ3) is 7.71. The van der Waals surface area contributed by atoms with Crippen molar-refractivity contribution < 1.29 is 22.8 Å². The molecule has 0 aliphatic carbocycles. The van der Waals surface area contributed by atoms with Crippen molar-refractivity contribution in [1.29, 1.82) is 0 Å². The molecule has 0 aliphatic heterocycles. The fraction of sp³-hybridized carbons (Fsp3) is 0.217. The molecule has 2 rings (SSSR count). The Morgan fingerprint density at radius 1 is 1.12 bits per heavy atom. The average Bonchev–Trinajstić information content (AvgIpc) is 2.78. The lowest BCUT2D eigenvalue weighted by molar-refractivity contribution is -0.137. The van der Waals surface area contributed by atoms with Gasteiger partial charge in [0.2, 0.25) is 6.41 Å². The van der Waals surface area contributed by atoms with Crippen molar-refractivity contribution in [2.75, 3.05) is 18.9 Å². The zero-order valence-corrected chi connectivity index (χ0v) is 19.8. The SMILES string of the molecule is C/C(=C\C=C(/N)Cl)N(C)C(CN(C=O)C(=O)Nc1ccc(C(F)(F)F)cc1)c1ccc(Cl)cc1. The van der Waals surface area contributed by atoms with E-state index in [2.05, 4.69) is 5.32 Å². The Hall–Kier alpha value is -3.17. The summed E-state index contributed by atoms with van der Waals surface area (Å²) < 4.78 is 38.3. The summed E-state index contributed by atoms with van der Waals surface area (Å²) in [5.74, 6) is 0. The van der Waals surface area contributed by atoms with E-state index in [9.17, 15) is 22.8 Å². The number of benzene rings is 2. The molecule has 3 amide bonds. The first-order chi connectivity index (χ1) is 15.9. The summed E-state index contributed by atoms with van der Waals surface area (Å²) in [5, 5.41) is 3.04. The van der Waals surface area contributed by atoms with E-state index >= 15 is 0 Å². The molecule has 3 N–H and O–H groups in total. The fourth-order valence-electron chi connectivity index (χ4n) is 3.00. The third-order valence-electron chi connectivity index (χ3n) is 4.98. The van der Waals surface area contributed by atoms with Gasteiger partial charge in [0.1, 0.15) is 0 Å². The number of halogens is 5. The van der Waals surface area contributed by atoms with Crippen LogP contribution >= 0.6 is 23.2 Å². The molecular weight excluding hydrogens is 492 g/mol. The van der Waals surface area contributed by atoms with Crippen molar-refractivity contribution in [2.24, 2.45) is 5.73 Å². The second-order valence-corrected chi connectivity index (χ2v) is 8.17. The van der Waals surface area contributed by atoms with Crippen molar-refractivity contribution in [1.82, 2.24) is 9.80 Å². The second-order valence-electron chi connectivity index (χ2n) is 7.30. The molecule has 34 heavy (non-hydrogen) atoms. The quantitative estimate of drug-likeness (QED) is 0.258. The van der Waals surface area contributed by atoms with E-state index in [-0.39, 0.29) is 17.4 Å². The number of nitrogens with one attached hydrogen (secondary N) is 1. The second kappa shape index (κ2) is 11.8. The summed E-state index contributed by atoms with van der Waals surface area (Å²) in [6.07, 6.45) is -0.964. The summed E-state index contributed by atoms with van der Waals surface area (Å²) in [4.78, 5) is 27.2. The molecule has 0 bridgehead atoms. The van der Waals surface area contributed by atoms with Crippen molar-refractivity contribution >= 4 is 41.3 Å². The number of imide groups is 1. The molecule has 0 aliphatic rings. The first-order valence-electron chi connectivity index (χ1n) is 9.90. The minimum Gasteiger partial charge on any atom is -0.389 e. The molecule has 0 aromatic heterocycles. The van der Waals surface area contributed by atoms with Gasteiger partial charge in [0.05, 0.1) is 23.3 Å². The fourth-order valence-corrected chi connectivity index (χ4v) is 3.19. The molecule has 2 aromatic rings. The van der Waals surface area contributed by atoms with E-state index < -0.39 is 23.8 Å². The first kappa shape index (κ1) is 27.1. The number of allylic oxidation sites excluding steroid dienone is 3. The molecule has 0 saturated carbocycles. The van der Waals surface area contributed by atoms with Crippen LogP contribution in [0.1, 0.15) is 24.1 Å². The predicted octanol–water partition coefficient (Wildman–Crippen LogP) is 5.96. The average molecular weight is 515 g/mol. The van der Waals surface area contributed by atoms with Crippen LogP contribution in [0.5, 0.6) is 0 Å². The van der Waals surface area contributed by atoms with Crippen LogP contribution in [0, 0.1) is 0 Å². The highest BCUT2D eigenvalue weighted by Gasteiger charge is 2.30. The molecular formula is C23H23Cl2F3N4O2. The Morgan fingerprint density at radius 3 is 2.21 bits per heavy atom. The van der Waals surface area contributed by atoms with Crippen LogP contribution in [0.25, 0.3) is 0 Å². The molecule has 1 unspecified atom stereocenters. The van der Waals surface area contributed by atoms with E-state index in [1.54, 1.807) is 44.3 Å². The first-order valence-corrected chi connectivity index (χ1v) is 10.7. The van der Waals surface area contributed by atoms with Gasteiger partial charge in [-0.25, -0.2) is 4.79 Å². The Kier molecular flexibility index (Phi) is 9.40. The lowest BCUT2D eigenvalue weighted by atomic mass is 10.0. The number of nitrogens with zero attached hydrogens (tertiary/aromatic N) is 2. The summed E-state index contributed by atoms with van der Waals surface area (Å²) in [6.45, 7) is 1.73. The van der Waals surface area contributed by atoms with Crippen LogP contribution in [0.4, 0.5) is 23.7 Å². The zero-order valence-electron chi connectivity index (χ0n) is 18.3. The van der Waals surface area contributed by atoms with Gasteiger partial charge in [-0.05, 0) is 61.0 Å². The molecule has 1 atom stereocenters. The summed E-state index contributed by atoms with van der Waals surface area (Å²) in [6, 6.07) is 9.52. The van der Waals surface area contributed by atoms with Gasteiger partial charge in [0.25, 0.3) is 0 Å². The number of nitrogens with two attached hydrogens (primary N) is 1. The summed E-state index contributed by atoms with van der Waals surface area (Å²) >= 11 is 11.7. The van der Waals surface area contributed by atoms with Crippen LogP contribution in [-0.4, -0.2) is 35.8 Å². The lowest BCUT2D eigenvalue weighted by Crippen LogP contribution is -2.40. The molecule has 0 saturated heterocycles. The molecule has 0 fully saturated rings. The third-order valence-corrected chi connectivity index (χ3v) is 5.36. The molecule has 6 nitrogen and oxygen atoms in total. The van der Waals surface area contributed by atoms with Gasteiger partial charge in [-0.1, -0.05) is 35.3 Å². The van der Waals surface area contributed by atoms with E-state index in [0.29, 0.717) is 11.4 Å². The Balaban J connectivity index is 2.27. The minimum absolute atomic E-state index is 0.0701. The van der Waals surface area contributed by atoms with Crippen molar-refractivity contribution in [3.05, 3.63) is 87.7 Å². The highest BCUT2D eigenvalue weighted by Crippen LogP contribution is 2.30. The maximum absolute atomic E-state index is 12.8. The Bertz CT molecular complexity index is 1050.